The maximum absolute atomic E-state index is 13.9. The molecule has 3 unspecified atom stereocenters. The number of morpholine rings is 1. The number of benzene rings is 2. The molecular formula is C29H33FN2O5. The fourth-order valence-corrected chi connectivity index (χ4v) is 5.15. The van der Waals surface area contributed by atoms with Gasteiger partial charge in [-0.1, -0.05) is 24.3 Å². The highest BCUT2D eigenvalue weighted by atomic mass is 19.1. The second-order valence-corrected chi connectivity index (χ2v) is 9.68. The Balaban J connectivity index is 1.57. The lowest BCUT2D eigenvalue weighted by Crippen LogP contribution is -2.48. The zero-order valence-electron chi connectivity index (χ0n) is 21.7. The number of hydrogen-bond donors (Lipinski definition) is 0. The van der Waals surface area contributed by atoms with Crippen LogP contribution in [-0.2, 0) is 25.6 Å². The highest BCUT2D eigenvalue weighted by Gasteiger charge is 2.37. The highest BCUT2D eigenvalue weighted by Crippen LogP contribution is 2.38. The fraction of sp³-hybridized carbons (Fsp3) is 0.414. The number of nitrogens with zero attached hydrogens (tertiary/aromatic N) is 2. The van der Waals surface area contributed by atoms with E-state index in [9.17, 15) is 18.8 Å². The van der Waals surface area contributed by atoms with Crippen LogP contribution in [0.2, 0.25) is 0 Å². The van der Waals surface area contributed by atoms with E-state index >= 15 is 0 Å². The van der Waals surface area contributed by atoms with Gasteiger partial charge in [-0.3, -0.25) is 9.59 Å². The van der Waals surface area contributed by atoms with Crippen LogP contribution in [0.25, 0.3) is 0 Å². The van der Waals surface area contributed by atoms with E-state index < -0.39 is 17.7 Å². The summed E-state index contributed by atoms with van der Waals surface area (Å²) in [5.74, 6) is -1.75. The van der Waals surface area contributed by atoms with Crippen LogP contribution in [0.4, 0.5) is 4.39 Å². The van der Waals surface area contributed by atoms with Crippen molar-refractivity contribution in [3.05, 3.63) is 82.3 Å². The number of halogens is 1. The summed E-state index contributed by atoms with van der Waals surface area (Å²) in [5.41, 5.74) is 2.79. The van der Waals surface area contributed by atoms with Crippen LogP contribution in [0, 0.1) is 5.82 Å². The van der Waals surface area contributed by atoms with Gasteiger partial charge in [0.25, 0.3) is 5.91 Å². The van der Waals surface area contributed by atoms with E-state index in [1.54, 1.807) is 47.9 Å². The average Bonchev–Trinajstić information content (AvgIpc) is 2.85. The average molecular weight is 509 g/mol. The molecular weight excluding hydrogens is 475 g/mol. The summed E-state index contributed by atoms with van der Waals surface area (Å²) in [5, 5.41) is 0. The number of rotatable bonds is 6. The van der Waals surface area contributed by atoms with Crippen molar-refractivity contribution in [2.24, 2.45) is 0 Å². The maximum atomic E-state index is 13.9. The van der Waals surface area contributed by atoms with E-state index in [1.807, 2.05) is 26.0 Å². The van der Waals surface area contributed by atoms with Crippen LogP contribution in [0.3, 0.4) is 0 Å². The first-order valence-electron chi connectivity index (χ1n) is 12.6. The minimum Gasteiger partial charge on any atom is -0.463 e. The fourth-order valence-electron chi connectivity index (χ4n) is 5.15. The number of carbonyl (C=O) groups excluding carboxylic acids is 3. The predicted molar refractivity (Wildman–Crippen MR) is 136 cm³/mol. The first-order chi connectivity index (χ1) is 17.7. The summed E-state index contributed by atoms with van der Waals surface area (Å²) in [6.45, 7) is 8.85. The molecule has 2 amide bonds. The third-order valence-electron chi connectivity index (χ3n) is 6.82. The lowest BCUT2D eigenvalue weighted by atomic mass is 9.83. The standard InChI is InChI=1S/C29H33FN2O5/c1-5-36-29(35)27-20(4)32(26(33)14-25(27)23-7-6-8-24(30)13-23)17-21-9-11-22(12-10-21)28(34)31-15-18(2)37-19(3)16-31/h6-13,18-19,25H,5,14-17H2,1-4H3. The molecule has 4 rings (SSSR count). The molecule has 2 aromatic carbocycles. The van der Waals surface area contributed by atoms with E-state index in [4.69, 9.17) is 9.47 Å². The Morgan fingerprint density at radius 1 is 1.08 bits per heavy atom. The number of carbonyl (C=O) groups is 3. The van der Waals surface area contributed by atoms with Crippen molar-refractivity contribution >= 4 is 17.8 Å². The number of amides is 2. The van der Waals surface area contributed by atoms with Crippen LogP contribution >= 0.6 is 0 Å². The van der Waals surface area contributed by atoms with Gasteiger partial charge >= 0.3 is 5.97 Å². The van der Waals surface area contributed by atoms with Crippen molar-refractivity contribution in [2.75, 3.05) is 19.7 Å². The van der Waals surface area contributed by atoms with E-state index in [-0.39, 0.29) is 43.6 Å². The second kappa shape index (κ2) is 11.3. The molecule has 2 aliphatic heterocycles. The summed E-state index contributed by atoms with van der Waals surface area (Å²) in [6, 6.07) is 13.1. The number of ether oxygens (including phenoxy) is 2. The van der Waals surface area contributed by atoms with Gasteiger partial charge in [-0.15, -0.1) is 0 Å². The van der Waals surface area contributed by atoms with Gasteiger partial charge in [-0.05, 0) is 63.1 Å². The smallest absolute Gasteiger partial charge is 0.336 e. The third kappa shape index (κ3) is 5.91. The molecule has 0 aromatic heterocycles. The van der Waals surface area contributed by atoms with Gasteiger partial charge in [0.1, 0.15) is 5.82 Å². The lowest BCUT2D eigenvalue weighted by molar-refractivity contribution is -0.140. The summed E-state index contributed by atoms with van der Waals surface area (Å²) < 4.78 is 25.0. The van der Waals surface area contributed by atoms with Crippen molar-refractivity contribution in [2.45, 2.75) is 58.8 Å². The normalized spacial score (nSPS) is 22.3. The van der Waals surface area contributed by atoms with Crippen LogP contribution in [0.1, 0.15) is 61.5 Å². The van der Waals surface area contributed by atoms with Crippen molar-refractivity contribution < 1.29 is 28.2 Å². The second-order valence-electron chi connectivity index (χ2n) is 9.68. The Kier molecular flexibility index (Phi) is 8.07. The van der Waals surface area contributed by atoms with E-state index in [0.29, 0.717) is 35.5 Å². The zero-order valence-corrected chi connectivity index (χ0v) is 21.7. The molecule has 2 aromatic rings. The quantitative estimate of drug-likeness (QED) is 0.540. The third-order valence-corrected chi connectivity index (χ3v) is 6.82. The molecule has 0 radical (unpaired) electrons. The summed E-state index contributed by atoms with van der Waals surface area (Å²) in [7, 11) is 0. The van der Waals surface area contributed by atoms with Gasteiger partial charge in [-0.25, -0.2) is 9.18 Å². The Bertz CT molecular complexity index is 1200. The highest BCUT2D eigenvalue weighted by molar-refractivity contribution is 5.96. The van der Waals surface area contributed by atoms with Crippen LogP contribution < -0.4 is 0 Å². The summed E-state index contributed by atoms with van der Waals surface area (Å²) in [6.07, 6.45) is -0.00729. The molecule has 3 atom stereocenters. The van der Waals surface area contributed by atoms with Crippen molar-refractivity contribution in [1.29, 1.82) is 0 Å². The zero-order chi connectivity index (χ0) is 26.7. The first kappa shape index (κ1) is 26.5. The molecule has 1 saturated heterocycles. The Hall–Kier alpha value is -3.52. The molecule has 0 N–H and O–H groups in total. The van der Waals surface area contributed by atoms with Crippen LogP contribution in [-0.4, -0.2) is 59.5 Å². The van der Waals surface area contributed by atoms with Gasteiger partial charge in [0.2, 0.25) is 5.91 Å². The molecule has 1 fully saturated rings. The molecule has 196 valence electrons. The largest absolute Gasteiger partial charge is 0.463 e. The van der Waals surface area contributed by atoms with Crippen LogP contribution in [0.5, 0.6) is 0 Å². The Morgan fingerprint density at radius 3 is 2.38 bits per heavy atom. The molecule has 0 spiro atoms. The van der Waals surface area contributed by atoms with Gasteiger partial charge < -0.3 is 19.3 Å². The minimum absolute atomic E-state index is 0.0170. The summed E-state index contributed by atoms with van der Waals surface area (Å²) >= 11 is 0. The van der Waals surface area contributed by atoms with E-state index in [0.717, 1.165) is 5.56 Å². The first-order valence-corrected chi connectivity index (χ1v) is 12.6. The number of hydrogen-bond acceptors (Lipinski definition) is 5. The SMILES string of the molecule is CCOC(=O)C1=C(C)N(Cc2ccc(C(=O)N3CC(C)OC(C)C3)cc2)C(=O)CC1c1cccc(F)c1. The maximum Gasteiger partial charge on any atom is 0.336 e. The number of esters is 1. The Morgan fingerprint density at radius 2 is 1.76 bits per heavy atom. The Labute approximate surface area is 216 Å². The summed E-state index contributed by atoms with van der Waals surface area (Å²) in [4.78, 5) is 42.5. The topological polar surface area (TPSA) is 76.2 Å². The molecule has 0 bridgehead atoms. The van der Waals surface area contributed by atoms with Crippen molar-refractivity contribution in [3.8, 4) is 0 Å². The van der Waals surface area contributed by atoms with E-state index in [1.165, 1.54) is 12.1 Å². The molecule has 0 saturated carbocycles. The van der Waals surface area contributed by atoms with Gasteiger partial charge in [-0.2, -0.15) is 0 Å². The van der Waals surface area contributed by atoms with Crippen molar-refractivity contribution in [3.63, 3.8) is 0 Å². The molecule has 2 aliphatic rings. The van der Waals surface area contributed by atoms with Crippen molar-refractivity contribution in [1.82, 2.24) is 9.80 Å². The van der Waals surface area contributed by atoms with Gasteiger partial charge in [0.15, 0.2) is 0 Å². The molecule has 7 nitrogen and oxygen atoms in total. The van der Waals surface area contributed by atoms with Gasteiger partial charge in [0, 0.05) is 36.7 Å². The van der Waals surface area contributed by atoms with E-state index in [2.05, 4.69) is 0 Å². The molecule has 8 heteroatoms. The number of allylic oxidation sites excluding steroid dienone is 1. The minimum atomic E-state index is -0.586. The van der Waals surface area contributed by atoms with Crippen LogP contribution in [0.15, 0.2) is 59.8 Å². The van der Waals surface area contributed by atoms with Gasteiger partial charge in [0.05, 0.1) is 30.9 Å². The predicted octanol–water partition coefficient (Wildman–Crippen LogP) is 4.43. The lowest BCUT2D eigenvalue weighted by Gasteiger charge is -2.35. The molecule has 2 heterocycles. The molecule has 0 aliphatic carbocycles. The molecule has 37 heavy (non-hydrogen) atoms. The monoisotopic (exact) mass is 508 g/mol.